The Labute approximate surface area is 93.1 Å². The lowest BCUT2D eigenvalue weighted by Gasteiger charge is -2.05. The second-order valence-electron chi connectivity index (χ2n) is 2.74. The van der Waals surface area contributed by atoms with Gasteiger partial charge in [0.1, 0.15) is 6.54 Å². The summed E-state index contributed by atoms with van der Waals surface area (Å²) in [5.41, 5.74) is 0. The van der Waals surface area contributed by atoms with Crippen LogP contribution in [0.1, 0.15) is 16.7 Å². The molecule has 5 nitrogen and oxygen atoms in total. The number of anilines is 1. The van der Waals surface area contributed by atoms with Gasteiger partial charge in [-0.3, -0.25) is 4.79 Å². The Balaban J connectivity index is 2.53. The predicted octanol–water partition coefficient (Wildman–Crippen LogP) is 1.26. The highest BCUT2D eigenvalue weighted by atomic mass is 32.1. The highest BCUT2D eigenvalue weighted by Gasteiger charge is 2.28. The number of carbonyl (C=O) groups is 1. The Bertz CT molecular complexity index is 365. The topological polar surface area (TPSA) is 66.9 Å². The van der Waals surface area contributed by atoms with Gasteiger partial charge in [-0.1, -0.05) is 11.3 Å². The number of nitrogens with one attached hydrogen (secondary N) is 2. The highest BCUT2D eigenvalue weighted by Crippen LogP contribution is 2.16. The van der Waals surface area contributed by atoms with Crippen LogP contribution in [0.25, 0.3) is 0 Å². The van der Waals surface area contributed by atoms with Gasteiger partial charge >= 0.3 is 6.18 Å². The van der Waals surface area contributed by atoms with Crippen molar-refractivity contribution in [2.24, 2.45) is 0 Å². The molecule has 0 atom stereocenters. The fraction of sp³-hybridized carbons (Fsp3) is 0.571. The summed E-state index contributed by atoms with van der Waals surface area (Å²) in [6, 6.07) is 0. The molecule has 1 rings (SSSR count). The van der Waals surface area contributed by atoms with E-state index in [4.69, 9.17) is 0 Å². The summed E-state index contributed by atoms with van der Waals surface area (Å²) in [7, 11) is 0. The normalized spacial score (nSPS) is 11.2. The van der Waals surface area contributed by atoms with Gasteiger partial charge < -0.3 is 10.6 Å². The molecular formula is C7H9F3N4OS. The third kappa shape index (κ3) is 4.01. The van der Waals surface area contributed by atoms with E-state index in [1.54, 1.807) is 5.32 Å². The molecule has 0 fully saturated rings. The van der Waals surface area contributed by atoms with Crippen LogP contribution >= 0.6 is 11.3 Å². The van der Waals surface area contributed by atoms with E-state index in [2.05, 4.69) is 15.5 Å². The van der Waals surface area contributed by atoms with Gasteiger partial charge in [0.2, 0.25) is 10.1 Å². The van der Waals surface area contributed by atoms with Crippen molar-refractivity contribution in [3.05, 3.63) is 5.01 Å². The minimum absolute atomic E-state index is 0.0970. The van der Waals surface area contributed by atoms with Crippen molar-refractivity contribution >= 4 is 22.4 Å². The number of rotatable bonds is 4. The van der Waals surface area contributed by atoms with E-state index >= 15 is 0 Å². The van der Waals surface area contributed by atoms with Crippen molar-refractivity contribution in [1.29, 1.82) is 0 Å². The zero-order valence-electron chi connectivity index (χ0n) is 8.26. The number of aromatic nitrogens is 2. The van der Waals surface area contributed by atoms with E-state index in [1.165, 1.54) is 0 Å². The fourth-order valence-corrected chi connectivity index (χ4v) is 1.52. The molecule has 0 aromatic carbocycles. The maximum absolute atomic E-state index is 11.8. The van der Waals surface area contributed by atoms with Gasteiger partial charge in [0.05, 0.1) is 0 Å². The first kappa shape index (κ1) is 12.7. The molecule has 0 unspecified atom stereocenters. The van der Waals surface area contributed by atoms with Gasteiger partial charge in [-0.05, 0) is 6.92 Å². The molecule has 0 aliphatic carbocycles. The molecule has 90 valence electrons. The molecule has 1 amide bonds. The number of hydrogen-bond acceptors (Lipinski definition) is 5. The van der Waals surface area contributed by atoms with E-state index in [-0.39, 0.29) is 5.01 Å². The van der Waals surface area contributed by atoms with E-state index < -0.39 is 18.6 Å². The summed E-state index contributed by atoms with van der Waals surface area (Å²) < 4.78 is 35.4. The smallest absolute Gasteiger partial charge is 0.360 e. The SMILES string of the molecule is CCNc1nnc(C(=O)NCC(F)(F)F)s1. The average Bonchev–Trinajstić information content (AvgIpc) is 2.62. The Kier molecular flexibility index (Phi) is 4.05. The summed E-state index contributed by atoms with van der Waals surface area (Å²) in [5, 5.41) is 11.9. The van der Waals surface area contributed by atoms with Gasteiger partial charge in [-0.15, -0.1) is 10.2 Å². The third-order valence-electron chi connectivity index (χ3n) is 1.40. The van der Waals surface area contributed by atoms with Crippen LogP contribution in [0.2, 0.25) is 0 Å². The molecule has 16 heavy (non-hydrogen) atoms. The van der Waals surface area contributed by atoms with Crippen molar-refractivity contribution in [3.8, 4) is 0 Å². The molecule has 1 heterocycles. The van der Waals surface area contributed by atoms with Crippen LogP contribution in [0.4, 0.5) is 18.3 Å². The maximum atomic E-state index is 11.8. The van der Waals surface area contributed by atoms with E-state index in [0.717, 1.165) is 11.3 Å². The van der Waals surface area contributed by atoms with Gasteiger partial charge in [-0.2, -0.15) is 13.2 Å². The first-order valence-electron chi connectivity index (χ1n) is 4.34. The summed E-state index contributed by atoms with van der Waals surface area (Å²) in [6.45, 7) is 1.05. The molecule has 9 heteroatoms. The van der Waals surface area contributed by atoms with Crippen molar-refractivity contribution < 1.29 is 18.0 Å². The fourth-order valence-electron chi connectivity index (χ4n) is 0.794. The summed E-state index contributed by atoms with van der Waals surface area (Å²) >= 11 is 0.903. The number of nitrogens with zero attached hydrogens (tertiary/aromatic N) is 2. The van der Waals surface area contributed by atoms with E-state index in [9.17, 15) is 18.0 Å². The van der Waals surface area contributed by atoms with Crippen molar-refractivity contribution in [1.82, 2.24) is 15.5 Å². The lowest BCUT2D eigenvalue weighted by Crippen LogP contribution is -2.33. The van der Waals surface area contributed by atoms with Crippen LogP contribution < -0.4 is 10.6 Å². The molecule has 0 aliphatic heterocycles. The van der Waals surface area contributed by atoms with Crippen molar-refractivity contribution in [3.63, 3.8) is 0 Å². The van der Waals surface area contributed by atoms with Gasteiger partial charge in [0.15, 0.2) is 0 Å². The maximum Gasteiger partial charge on any atom is 0.405 e. The third-order valence-corrected chi connectivity index (χ3v) is 2.28. The summed E-state index contributed by atoms with van der Waals surface area (Å²) in [5.74, 6) is -0.876. The first-order chi connectivity index (χ1) is 7.42. The Morgan fingerprint density at radius 1 is 1.44 bits per heavy atom. The summed E-state index contributed by atoms with van der Waals surface area (Å²) in [6.07, 6.45) is -4.43. The molecule has 0 saturated carbocycles. The number of amides is 1. The zero-order valence-corrected chi connectivity index (χ0v) is 9.08. The lowest BCUT2D eigenvalue weighted by atomic mass is 10.5. The highest BCUT2D eigenvalue weighted by molar-refractivity contribution is 7.17. The van der Waals surface area contributed by atoms with E-state index in [0.29, 0.717) is 11.7 Å². The quantitative estimate of drug-likeness (QED) is 0.849. The van der Waals surface area contributed by atoms with Crippen LogP contribution in [0, 0.1) is 0 Å². The summed E-state index contributed by atoms with van der Waals surface area (Å²) in [4.78, 5) is 11.2. The van der Waals surface area contributed by atoms with Crippen LogP contribution in [0.5, 0.6) is 0 Å². The minimum Gasteiger partial charge on any atom is -0.360 e. The number of carbonyl (C=O) groups excluding carboxylic acids is 1. The zero-order chi connectivity index (χ0) is 12.2. The largest absolute Gasteiger partial charge is 0.405 e. The molecule has 1 aromatic heterocycles. The second kappa shape index (κ2) is 5.10. The van der Waals surface area contributed by atoms with Crippen molar-refractivity contribution in [2.45, 2.75) is 13.1 Å². The van der Waals surface area contributed by atoms with Gasteiger partial charge in [0.25, 0.3) is 5.91 Å². The second-order valence-corrected chi connectivity index (χ2v) is 3.72. The Morgan fingerprint density at radius 2 is 2.12 bits per heavy atom. The number of hydrogen-bond donors (Lipinski definition) is 2. The Hall–Kier alpha value is -1.38. The number of alkyl halides is 3. The van der Waals surface area contributed by atoms with E-state index in [1.807, 2.05) is 6.92 Å². The lowest BCUT2D eigenvalue weighted by molar-refractivity contribution is -0.123. The molecule has 0 bridgehead atoms. The van der Waals surface area contributed by atoms with Crippen LogP contribution in [0.15, 0.2) is 0 Å². The molecule has 0 aliphatic rings. The molecule has 0 saturated heterocycles. The monoisotopic (exact) mass is 254 g/mol. The number of halogens is 3. The first-order valence-corrected chi connectivity index (χ1v) is 5.16. The molecule has 0 spiro atoms. The predicted molar refractivity (Wildman–Crippen MR) is 52.5 cm³/mol. The van der Waals surface area contributed by atoms with Crippen LogP contribution in [-0.2, 0) is 0 Å². The molecule has 2 N–H and O–H groups in total. The minimum atomic E-state index is -4.43. The average molecular weight is 254 g/mol. The Morgan fingerprint density at radius 3 is 2.69 bits per heavy atom. The molecule has 0 radical (unpaired) electrons. The van der Waals surface area contributed by atoms with Crippen LogP contribution in [0.3, 0.4) is 0 Å². The van der Waals surface area contributed by atoms with Gasteiger partial charge in [-0.25, -0.2) is 0 Å². The van der Waals surface area contributed by atoms with Gasteiger partial charge in [0, 0.05) is 6.54 Å². The molecular weight excluding hydrogens is 245 g/mol. The molecule has 1 aromatic rings. The van der Waals surface area contributed by atoms with Crippen LogP contribution in [-0.4, -0.2) is 35.4 Å². The standard InChI is InChI=1S/C7H9F3N4OS/c1-2-11-6-14-13-5(16-6)4(15)12-3-7(8,9)10/h2-3H2,1H3,(H,11,14)(H,12,15). The van der Waals surface area contributed by atoms with Crippen molar-refractivity contribution in [2.75, 3.05) is 18.4 Å².